The Hall–Kier alpha value is -3.67. The van der Waals surface area contributed by atoms with E-state index >= 15 is 0 Å². The highest BCUT2D eigenvalue weighted by atomic mass is 19.4. The lowest BCUT2D eigenvalue weighted by Crippen LogP contribution is -2.20. The van der Waals surface area contributed by atoms with Crippen molar-refractivity contribution in [2.75, 3.05) is 5.32 Å². The van der Waals surface area contributed by atoms with Gasteiger partial charge in [0, 0.05) is 16.9 Å². The molecule has 5 nitrogen and oxygen atoms in total. The Balaban J connectivity index is 1.76. The highest BCUT2D eigenvalue weighted by Crippen LogP contribution is 2.33. The number of aryl methyl sites for hydroxylation is 1. The maximum atomic E-state index is 13.0. The summed E-state index contributed by atoms with van der Waals surface area (Å²) in [5.41, 5.74) is 0.123. The number of halogens is 4. The molecule has 3 rings (SSSR count). The molecule has 0 atom stereocenters. The van der Waals surface area contributed by atoms with Crippen molar-refractivity contribution in [1.82, 2.24) is 9.78 Å². The summed E-state index contributed by atoms with van der Waals surface area (Å²) in [7, 11) is 0. The van der Waals surface area contributed by atoms with E-state index in [0.717, 1.165) is 12.1 Å². The third-order valence-electron chi connectivity index (χ3n) is 4.14. The Morgan fingerprint density at radius 1 is 1.17 bits per heavy atom. The number of amides is 1. The van der Waals surface area contributed by atoms with Crippen molar-refractivity contribution in [2.24, 2.45) is 0 Å². The van der Waals surface area contributed by atoms with Crippen LogP contribution in [0.4, 0.5) is 23.2 Å². The highest BCUT2D eigenvalue weighted by molar-refractivity contribution is 5.90. The molecule has 0 radical (unpaired) electrons. The van der Waals surface area contributed by atoms with Crippen molar-refractivity contribution in [3.05, 3.63) is 71.2 Å². The fourth-order valence-electron chi connectivity index (χ4n) is 2.72. The van der Waals surface area contributed by atoms with E-state index in [1.165, 1.54) is 29.0 Å². The highest BCUT2D eigenvalue weighted by Gasteiger charge is 2.34. The summed E-state index contributed by atoms with van der Waals surface area (Å²) in [6.07, 6.45) is -4.71. The van der Waals surface area contributed by atoms with Crippen molar-refractivity contribution in [3.8, 4) is 17.3 Å². The van der Waals surface area contributed by atoms with E-state index in [1.807, 2.05) is 0 Å². The van der Waals surface area contributed by atoms with Gasteiger partial charge in [0.2, 0.25) is 5.91 Å². The van der Waals surface area contributed by atoms with Gasteiger partial charge in [0.1, 0.15) is 12.4 Å². The molecule has 1 N–H and O–H groups in total. The summed E-state index contributed by atoms with van der Waals surface area (Å²) in [6, 6.07) is 11.8. The molecule has 0 aliphatic carbocycles. The van der Waals surface area contributed by atoms with Crippen LogP contribution in [-0.4, -0.2) is 15.7 Å². The van der Waals surface area contributed by atoms with E-state index < -0.39 is 23.2 Å². The molecule has 0 saturated carbocycles. The quantitative estimate of drug-likeness (QED) is 0.652. The van der Waals surface area contributed by atoms with Gasteiger partial charge in [-0.05, 0) is 55.5 Å². The number of carbonyl (C=O) groups excluding carboxylic acids is 1. The number of nitriles is 1. The summed E-state index contributed by atoms with van der Waals surface area (Å²) in [6.45, 7) is 1.49. The van der Waals surface area contributed by atoms with Gasteiger partial charge in [-0.1, -0.05) is 0 Å². The summed E-state index contributed by atoms with van der Waals surface area (Å²) in [5, 5.41) is 15.5. The molecule has 1 amide bonds. The van der Waals surface area contributed by atoms with Gasteiger partial charge in [-0.3, -0.25) is 9.48 Å². The molecule has 9 heteroatoms. The normalized spacial score (nSPS) is 11.2. The number of benzene rings is 2. The number of alkyl halides is 3. The van der Waals surface area contributed by atoms with Crippen molar-refractivity contribution in [2.45, 2.75) is 19.6 Å². The van der Waals surface area contributed by atoms with Gasteiger partial charge in [0.25, 0.3) is 0 Å². The van der Waals surface area contributed by atoms with Crippen LogP contribution in [0.2, 0.25) is 0 Å². The Morgan fingerprint density at radius 2 is 1.86 bits per heavy atom. The van der Waals surface area contributed by atoms with E-state index in [9.17, 15) is 22.4 Å². The van der Waals surface area contributed by atoms with Gasteiger partial charge in [-0.25, -0.2) is 4.39 Å². The summed E-state index contributed by atoms with van der Waals surface area (Å²) in [4.78, 5) is 12.3. The summed E-state index contributed by atoms with van der Waals surface area (Å²) >= 11 is 0. The predicted octanol–water partition coefficient (Wildman–Crippen LogP) is 4.53. The zero-order chi connectivity index (χ0) is 21.2. The second-order valence-corrected chi connectivity index (χ2v) is 6.25. The molecule has 0 saturated heterocycles. The van der Waals surface area contributed by atoms with E-state index in [2.05, 4.69) is 10.4 Å². The van der Waals surface area contributed by atoms with Crippen LogP contribution >= 0.6 is 0 Å². The zero-order valence-corrected chi connectivity index (χ0v) is 15.1. The number of aromatic nitrogens is 2. The first-order valence-corrected chi connectivity index (χ1v) is 8.39. The SMILES string of the molecule is Cc1cc(-c2ccc(F)cc2)nn1CC(=O)Nc1ccc(C#N)c(C(F)(F)F)c1. The van der Waals surface area contributed by atoms with E-state index in [1.54, 1.807) is 25.1 Å². The fraction of sp³-hybridized carbons (Fsp3) is 0.150. The van der Waals surface area contributed by atoms with Crippen molar-refractivity contribution in [3.63, 3.8) is 0 Å². The van der Waals surface area contributed by atoms with Gasteiger partial charge in [-0.2, -0.15) is 23.5 Å². The topological polar surface area (TPSA) is 70.7 Å². The van der Waals surface area contributed by atoms with E-state index in [0.29, 0.717) is 17.0 Å². The molecule has 0 fully saturated rings. The summed E-state index contributed by atoms with van der Waals surface area (Å²) in [5.74, 6) is -0.968. The van der Waals surface area contributed by atoms with Crippen LogP contribution in [0.3, 0.4) is 0 Å². The Morgan fingerprint density at radius 3 is 2.48 bits per heavy atom. The number of carbonyl (C=O) groups is 1. The molecular weight excluding hydrogens is 388 g/mol. The van der Waals surface area contributed by atoms with Gasteiger partial charge < -0.3 is 5.32 Å². The van der Waals surface area contributed by atoms with Crippen molar-refractivity contribution >= 4 is 11.6 Å². The van der Waals surface area contributed by atoms with Gasteiger partial charge in [0.15, 0.2) is 0 Å². The summed E-state index contributed by atoms with van der Waals surface area (Å²) < 4.78 is 53.6. The lowest BCUT2D eigenvalue weighted by Gasteiger charge is -2.12. The Bertz CT molecular complexity index is 1100. The Kier molecular flexibility index (Phi) is 5.37. The number of nitrogens with one attached hydrogen (secondary N) is 1. The molecule has 2 aromatic carbocycles. The minimum absolute atomic E-state index is 0.0788. The first kappa shape index (κ1) is 20.1. The zero-order valence-electron chi connectivity index (χ0n) is 15.1. The molecule has 0 aliphatic rings. The largest absolute Gasteiger partial charge is 0.417 e. The number of anilines is 1. The first-order valence-electron chi connectivity index (χ1n) is 8.39. The van der Waals surface area contributed by atoms with Gasteiger partial charge >= 0.3 is 6.18 Å². The number of hydrogen-bond donors (Lipinski definition) is 1. The number of hydrogen-bond acceptors (Lipinski definition) is 3. The standard InChI is InChI=1S/C20H14F4N4O/c1-12-8-18(13-2-5-15(21)6-3-13)27-28(12)11-19(29)26-16-7-4-14(10-25)17(9-16)20(22,23)24/h2-9H,11H2,1H3,(H,26,29). The maximum absolute atomic E-state index is 13.0. The molecule has 0 bridgehead atoms. The van der Waals surface area contributed by atoms with Crippen LogP contribution in [0.1, 0.15) is 16.8 Å². The molecule has 1 aromatic heterocycles. The predicted molar refractivity (Wildman–Crippen MR) is 97.1 cm³/mol. The first-order chi connectivity index (χ1) is 13.7. The number of rotatable bonds is 4. The van der Waals surface area contributed by atoms with Crippen LogP contribution in [0.25, 0.3) is 11.3 Å². The molecule has 148 valence electrons. The number of nitrogens with zero attached hydrogens (tertiary/aromatic N) is 3. The van der Waals surface area contributed by atoms with Gasteiger partial charge in [-0.15, -0.1) is 0 Å². The third kappa shape index (κ3) is 4.60. The minimum Gasteiger partial charge on any atom is -0.324 e. The molecule has 29 heavy (non-hydrogen) atoms. The Labute approximate surface area is 163 Å². The van der Waals surface area contributed by atoms with Gasteiger partial charge in [0.05, 0.1) is 22.9 Å². The molecular formula is C20H14F4N4O. The molecule has 0 aliphatic heterocycles. The smallest absolute Gasteiger partial charge is 0.324 e. The minimum atomic E-state index is -4.71. The van der Waals surface area contributed by atoms with Crippen LogP contribution in [0.15, 0.2) is 48.5 Å². The van der Waals surface area contributed by atoms with Crippen LogP contribution in [0, 0.1) is 24.1 Å². The lowest BCUT2D eigenvalue weighted by molar-refractivity contribution is -0.137. The van der Waals surface area contributed by atoms with Crippen molar-refractivity contribution < 1.29 is 22.4 Å². The molecule has 1 heterocycles. The average Bonchev–Trinajstić information content (AvgIpc) is 3.02. The maximum Gasteiger partial charge on any atom is 0.417 e. The monoisotopic (exact) mass is 402 g/mol. The fourth-order valence-corrected chi connectivity index (χ4v) is 2.72. The third-order valence-corrected chi connectivity index (χ3v) is 4.14. The van der Waals surface area contributed by atoms with Crippen molar-refractivity contribution in [1.29, 1.82) is 5.26 Å². The molecule has 3 aromatic rings. The van der Waals surface area contributed by atoms with E-state index in [4.69, 9.17) is 5.26 Å². The second kappa shape index (κ2) is 7.75. The van der Waals surface area contributed by atoms with Crippen LogP contribution in [-0.2, 0) is 17.5 Å². The molecule has 0 unspecified atom stereocenters. The van der Waals surface area contributed by atoms with E-state index in [-0.39, 0.29) is 18.0 Å². The average molecular weight is 402 g/mol. The van der Waals surface area contributed by atoms with Crippen LogP contribution in [0.5, 0.6) is 0 Å². The molecule has 0 spiro atoms. The lowest BCUT2D eigenvalue weighted by atomic mass is 10.1. The second-order valence-electron chi connectivity index (χ2n) is 6.25. The van der Waals surface area contributed by atoms with Crippen LogP contribution < -0.4 is 5.32 Å².